The predicted octanol–water partition coefficient (Wildman–Crippen LogP) is 2.48. The van der Waals surface area contributed by atoms with Crippen molar-refractivity contribution >= 4 is 34.9 Å². The molecule has 0 saturated heterocycles. The van der Waals surface area contributed by atoms with Gasteiger partial charge in [0.05, 0.1) is 0 Å². The highest BCUT2D eigenvalue weighted by Gasteiger charge is 2.02. The molecule has 0 atom stereocenters. The highest BCUT2D eigenvalue weighted by Crippen LogP contribution is 2.27. The third-order valence-corrected chi connectivity index (χ3v) is 4.75. The summed E-state index contributed by atoms with van der Waals surface area (Å²) in [4.78, 5) is 0. The molecule has 0 amide bonds. The first kappa shape index (κ1) is 12.3. The molecule has 1 rings (SSSR count). The van der Waals surface area contributed by atoms with Crippen molar-refractivity contribution in [2.24, 2.45) is 5.73 Å². The lowest BCUT2D eigenvalue weighted by molar-refractivity contribution is 0.732. The number of thioether (sulfide) groups is 2. The van der Waals surface area contributed by atoms with E-state index in [-0.39, 0.29) is 0 Å². The SMILES string of the molecule is CSc1nnc(SCCCCCN)s1. The van der Waals surface area contributed by atoms with Crippen molar-refractivity contribution < 1.29 is 0 Å². The Kier molecular flexibility index (Phi) is 6.59. The van der Waals surface area contributed by atoms with Crippen LogP contribution < -0.4 is 5.73 Å². The van der Waals surface area contributed by atoms with Gasteiger partial charge in [-0.2, -0.15) is 0 Å². The molecule has 0 radical (unpaired) electrons. The number of nitrogens with two attached hydrogens (primary N) is 1. The molecular formula is C8H15N3S3. The number of hydrogen-bond donors (Lipinski definition) is 1. The van der Waals surface area contributed by atoms with Crippen LogP contribution in [0, 0.1) is 0 Å². The summed E-state index contributed by atoms with van der Waals surface area (Å²) in [5.41, 5.74) is 5.41. The van der Waals surface area contributed by atoms with Gasteiger partial charge in [0.25, 0.3) is 0 Å². The lowest BCUT2D eigenvalue weighted by Gasteiger charge is -1.96. The van der Waals surface area contributed by atoms with Gasteiger partial charge < -0.3 is 5.73 Å². The lowest BCUT2D eigenvalue weighted by Crippen LogP contribution is -1.97. The van der Waals surface area contributed by atoms with E-state index >= 15 is 0 Å². The van der Waals surface area contributed by atoms with Crippen LogP contribution >= 0.6 is 34.9 Å². The van der Waals surface area contributed by atoms with Crippen molar-refractivity contribution in [3.63, 3.8) is 0 Å². The summed E-state index contributed by atoms with van der Waals surface area (Å²) >= 11 is 5.13. The third-order valence-electron chi connectivity index (χ3n) is 1.64. The molecule has 1 aromatic heterocycles. The van der Waals surface area contributed by atoms with Gasteiger partial charge in [-0.05, 0) is 25.6 Å². The maximum atomic E-state index is 5.41. The maximum absolute atomic E-state index is 5.41. The zero-order chi connectivity index (χ0) is 10.2. The van der Waals surface area contributed by atoms with E-state index in [1.165, 1.54) is 12.8 Å². The Labute approximate surface area is 97.3 Å². The molecule has 1 aromatic rings. The van der Waals surface area contributed by atoms with Gasteiger partial charge in [0.2, 0.25) is 0 Å². The summed E-state index contributed by atoms with van der Waals surface area (Å²) in [6, 6.07) is 0. The van der Waals surface area contributed by atoms with Gasteiger partial charge in [-0.25, -0.2) is 0 Å². The Morgan fingerprint density at radius 2 is 2.00 bits per heavy atom. The second-order valence-corrected chi connectivity index (χ2v) is 6.11. The molecule has 1 heterocycles. The van der Waals surface area contributed by atoms with Crippen LogP contribution in [0.2, 0.25) is 0 Å². The summed E-state index contributed by atoms with van der Waals surface area (Å²) in [6.07, 6.45) is 5.59. The van der Waals surface area contributed by atoms with Gasteiger partial charge in [-0.15, -0.1) is 10.2 Å². The molecule has 0 unspecified atom stereocenters. The van der Waals surface area contributed by atoms with Crippen LogP contribution in [0.1, 0.15) is 19.3 Å². The normalized spacial score (nSPS) is 10.7. The van der Waals surface area contributed by atoms with Crippen LogP contribution in [-0.2, 0) is 0 Å². The van der Waals surface area contributed by atoms with E-state index in [2.05, 4.69) is 10.2 Å². The van der Waals surface area contributed by atoms with Gasteiger partial charge in [0.15, 0.2) is 8.68 Å². The van der Waals surface area contributed by atoms with Crippen molar-refractivity contribution in [2.45, 2.75) is 27.9 Å². The number of aromatic nitrogens is 2. The van der Waals surface area contributed by atoms with Crippen LogP contribution in [0.5, 0.6) is 0 Å². The maximum Gasteiger partial charge on any atom is 0.175 e. The molecule has 0 spiro atoms. The summed E-state index contributed by atoms with van der Waals surface area (Å²) in [7, 11) is 0. The summed E-state index contributed by atoms with van der Waals surface area (Å²) < 4.78 is 2.14. The highest BCUT2D eigenvalue weighted by atomic mass is 32.2. The molecule has 0 saturated carbocycles. The minimum atomic E-state index is 0.806. The fourth-order valence-corrected chi connectivity index (χ4v) is 3.43. The number of unbranched alkanes of at least 4 members (excludes halogenated alkanes) is 2. The third kappa shape index (κ3) is 4.63. The first-order valence-corrected chi connectivity index (χ1v) is 7.60. The van der Waals surface area contributed by atoms with Crippen molar-refractivity contribution in [3.05, 3.63) is 0 Å². The topological polar surface area (TPSA) is 51.8 Å². The number of rotatable bonds is 7. The van der Waals surface area contributed by atoms with Crippen LogP contribution in [0.4, 0.5) is 0 Å². The monoisotopic (exact) mass is 249 g/mol. The van der Waals surface area contributed by atoms with Crippen LogP contribution in [-0.4, -0.2) is 28.8 Å². The second-order valence-electron chi connectivity index (χ2n) is 2.74. The Balaban J connectivity index is 2.12. The minimum Gasteiger partial charge on any atom is -0.330 e. The average molecular weight is 249 g/mol. The quantitative estimate of drug-likeness (QED) is 0.594. The predicted molar refractivity (Wildman–Crippen MR) is 65.3 cm³/mol. The minimum absolute atomic E-state index is 0.806. The first-order valence-electron chi connectivity index (χ1n) is 4.57. The molecule has 6 heteroatoms. The summed E-state index contributed by atoms with van der Waals surface area (Å²) in [5, 5.41) is 8.13. The van der Waals surface area contributed by atoms with Gasteiger partial charge >= 0.3 is 0 Å². The van der Waals surface area contributed by atoms with E-state index in [1.807, 2.05) is 6.26 Å². The van der Waals surface area contributed by atoms with Crippen molar-refractivity contribution in [2.75, 3.05) is 18.6 Å². The highest BCUT2D eigenvalue weighted by molar-refractivity contribution is 8.02. The molecule has 0 fully saturated rings. The van der Waals surface area contributed by atoms with Crippen molar-refractivity contribution in [1.29, 1.82) is 0 Å². The first-order chi connectivity index (χ1) is 6.86. The van der Waals surface area contributed by atoms with Gasteiger partial charge in [-0.1, -0.05) is 41.3 Å². The molecular weight excluding hydrogens is 234 g/mol. The number of nitrogens with zero attached hydrogens (tertiary/aromatic N) is 2. The summed E-state index contributed by atoms with van der Waals surface area (Å²) in [6.45, 7) is 0.806. The van der Waals surface area contributed by atoms with E-state index in [0.717, 1.165) is 27.4 Å². The van der Waals surface area contributed by atoms with Gasteiger partial charge in [-0.3, -0.25) is 0 Å². The standard InChI is InChI=1S/C8H15N3S3/c1-12-7-10-11-8(14-7)13-6-4-2-3-5-9/h2-6,9H2,1H3. The Morgan fingerprint density at radius 3 is 2.64 bits per heavy atom. The lowest BCUT2D eigenvalue weighted by atomic mass is 10.2. The van der Waals surface area contributed by atoms with Crippen LogP contribution in [0.3, 0.4) is 0 Å². The Bertz CT molecular complexity index is 252. The molecule has 80 valence electrons. The largest absolute Gasteiger partial charge is 0.330 e. The van der Waals surface area contributed by atoms with Crippen molar-refractivity contribution in [3.8, 4) is 0 Å². The molecule has 0 aliphatic rings. The van der Waals surface area contributed by atoms with E-state index in [4.69, 9.17) is 5.73 Å². The molecule has 0 aliphatic carbocycles. The van der Waals surface area contributed by atoms with E-state index < -0.39 is 0 Å². The van der Waals surface area contributed by atoms with Gasteiger partial charge in [0.1, 0.15) is 0 Å². The second kappa shape index (κ2) is 7.50. The number of hydrogen-bond acceptors (Lipinski definition) is 6. The molecule has 0 bridgehead atoms. The molecule has 3 nitrogen and oxygen atoms in total. The fourth-order valence-electron chi connectivity index (χ4n) is 0.921. The molecule has 2 N–H and O–H groups in total. The Morgan fingerprint density at radius 1 is 1.21 bits per heavy atom. The molecule has 0 aromatic carbocycles. The van der Waals surface area contributed by atoms with Crippen molar-refractivity contribution in [1.82, 2.24) is 10.2 Å². The molecule has 14 heavy (non-hydrogen) atoms. The van der Waals surface area contributed by atoms with Crippen LogP contribution in [0.15, 0.2) is 8.68 Å². The van der Waals surface area contributed by atoms with Gasteiger partial charge in [0, 0.05) is 5.75 Å². The zero-order valence-electron chi connectivity index (χ0n) is 8.23. The van der Waals surface area contributed by atoms with Crippen LogP contribution in [0.25, 0.3) is 0 Å². The van der Waals surface area contributed by atoms with E-state index in [0.29, 0.717) is 0 Å². The summed E-state index contributed by atoms with van der Waals surface area (Å²) in [5.74, 6) is 1.13. The molecule has 0 aliphatic heterocycles. The zero-order valence-corrected chi connectivity index (χ0v) is 10.7. The fraction of sp³-hybridized carbons (Fsp3) is 0.750. The van der Waals surface area contributed by atoms with E-state index in [1.54, 1.807) is 34.9 Å². The van der Waals surface area contributed by atoms with E-state index in [9.17, 15) is 0 Å². The smallest absolute Gasteiger partial charge is 0.175 e. The Hall–Kier alpha value is 0.220. The average Bonchev–Trinajstić information content (AvgIpc) is 2.65.